The summed E-state index contributed by atoms with van der Waals surface area (Å²) in [5.74, 6) is 0. The lowest BCUT2D eigenvalue weighted by molar-refractivity contribution is -0.142. The van der Waals surface area contributed by atoms with Crippen LogP contribution in [0.15, 0.2) is 0 Å². The molecule has 0 saturated heterocycles. The molecule has 1 aliphatic heterocycles. The average Bonchev–Trinajstić information content (AvgIpc) is 2.59. The van der Waals surface area contributed by atoms with Crippen molar-refractivity contribution in [2.75, 3.05) is 13.6 Å². The van der Waals surface area contributed by atoms with E-state index in [1.807, 2.05) is 0 Å². The number of alkyl halides is 3. The highest BCUT2D eigenvalue weighted by Crippen LogP contribution is 2.33. The molecule has 0 radical (unpaired) electrons. The fourth-order valence-corrected chi connectivity index (χ4v) is 1.72. The summed E-state index contributed by atoms with van der Waals surface area (Å²) in [6.07, 6.45) is -3.82. The van der Waals surface area contributed by atoms with Crippen LogP contribution in [0.1, 0.15) is 17.0 Å². The number of aromatic amines is 1. The SMILES string of the molecule is CNN1CCc2[nH]nc(C(F)(F)F)c2C1. The zero-order valence-corrected chi connectivity index (χ0v) is 8.15. The van der Waals surface area contributed by atoms with Gasteiger partial charge in [-0.1, -0.05) is 0 Å². The number of fused-ring (bicyclic) bond motifs is 1. The smallest absolute Gasteiger partial charge is 0.282 e. The maximum atomic E-state index is 12.5. The third kappa shape index (κ3) is 1.84. The highest BCUT2D eigenvalue weighted by molar-refractivity contribution is 5.29. The second-order valence-corrected chi connectivity index (χ2v) is 3.42. The van der Waals surface area contributed by atoms with E-state index < -0.39 is 11.9 Å². The Hall–Kier alpha value is -1.08. The minimum Gasteiger partial charge on any atom is -0.282 e. The molecule has 2 heterocycles. The van der Waals surface area contributed by atoms with E-state index in [4.69, 9.17) is 0 Å². The standard InChI is InChI=1S/C8H11F3N4/c1-12-15-3-2-6-5(4-15)7(14-13-6)8(9,10)11/h12H,2-4H2,1H3,(H,13,14). The molecule has 0 spiro atoms. The lowest BCUT2D eigenvalue weighted by atomic mass is 10.1. The van der Waals surface area contributed by atoms with Crippen LogP contribution in [0.3, 0.4) is 0 Å². The Kier molecular flexibility index (Phi) is 2.43. The number of aromatic nitrogens is 2. The van der Waals surface area contributed by atoms with Crippen molar-refractivity contribution in [1.29, 1.82) is 0 Å². The second-order valence-electron chi connectivity index (χ2n) is 3.42. The molecule has 0 saturated carbocycles. The molecule has 2 rings (SSSR count). The molecule has 2 N–H and O–H groups in total. The Morgan fingerprint density at radius 2 is 2.20 bits per heavy atom. The molecule has 4 nitrogen and oxygen atoms in total. The van der Waals surface area contributed by atoms with Gasteiger partial charge in [0.05, 0.1) is 0 Å². The molecule has 0 amide bonds. The Bertz CT molecular complexity index is 357. The largest absolute Gasteiger partial charge is 0.435 e. The van der Waals surface area contributed by atoms with E-state index in [0.717, 1.165) is 0 Å². The minimum atomic E-state index is -4.37. The fourth-order valence-electron chi connectivity index (χ4n) is 1.72. The van der Waals surface area contributed by atoms with Gasteiger partial charge in [-0.05, 0) is 7.05 Å². The summed E-state index contributed by atoms with van der Waals surface area (Å²) in [7, 11) is 1.69. The monoisotopic (exact) mass is 220 g/mol. The number of halogens is 3. The number of hydrogen-bond donors (Lipinski definition) is 2. The van der Waals surface area contributed by atoms with E-state index in [1.54, 1.807) is 12.1 Å². The van der Waals surface area contributed by atoms with Crippen molar-refractivity contribution in [2.24, 2.45) is 0 Å². The summed E-state index contributed by atoms with van der Waals surface area (Å²) in [4.78, 5) is 0. The highest BCUT2D eigenvalue weighted by Gasteiger charge is 2.39. The van der Waals surface area contributed by atoms with Gasteiger partial charge >= 0.3 is 6.18 Å². The zero-order chi connectivity index (χ0) is 11.1. The van der Waals surface area contributed by atoms with Crippen molar-refractivity contribution in [3.63, 3.8) is 0 Å². The number of rotatable bonds is 1. The molecule has 1 aromatic rings. The van der Waals surface area contributed by atoms with E-state index in [0.29, 0.717) is 18.7 Å². The first-order valence-electron chi connectivity index (χ1n) is 4.58. The summed E-state index contributed by atoms with van der Waals surface area (Å²) < 4.78 is 37.6. The zero-order valence-electron chi connectivity index (χ0n) is 8.15. The van der Waals surface area contributed by atoms with Gasteiger partial charge in [-0.25, -0.2) is 5.01 Å². The second kappa shape index (κ2) is 3.49. The summed E-state index contributed by atoms with van der Waals surface area (Å²) in [5, 5.41) is 7.52. The topological polar surface area (TPSA) is 44.0 Å². The first-order valence-corrected chi connectivity index (χ1v) is 4.58. The minimum absolute atomic E-state index is 0.233. The molecule has 15 heavy (non-hydrogen) atoms. The van der Waals surface area contributed by atoms with Crippen LogP contribution in [0.4, 0.5) is 13.2 Å². The molecule has 1 aliphatic rings. The van der Waals surface area contributed by atoms with Gasteiger partial charge in [-0.2, -0.15) is 18.3 Å². The molecule has 1 aromatic heterocycles. The van der Waals surface area contributed by atoms with Crippen LogP contribution in [-0.4, -0.2) is 28.8 Å². The third-order valence-corrected chi connectivity index (χ3v) is 2.52. The van der Waals surface area contributed by atoms with Gasteiger partial charge in [0.15, 0.2) is 5.69 Å². The Balaban J connectivity index is 2.34. The molecule has 0 unspecified atom stereocenters. The predicted octanol–water partition coefficient (Wildman–Crippen LogP) is 0.921. The summed E-state index contributed by atoms with van der Waals surface area (Å²) in [6.45, 7) is 0.917. The molecule has 0 fully saturated rings. The molecular weight excluding hydrogens is 209 g/mol. The molecule has 0 atom stereocenters. The molecule has 0 aromatic carbocycles. The van der Waals surface area contributed by atoms with E-state index in [1.165, 1.54) is 0 Å². The van der Waals surface area contributed by atoms with Crippen LogP contribution in [0.25, 0.3) is 0 Å². The van der Waals surface area contributed by atoms with Gasteiger partial charge in [-0.15, -0.1) is 0 Å². The number of hydrogen-bond acceptors (Lipinski definition) is 3. The molecule has 0 bridgehead atoms. The van der Waals surface area contributed by atoms with E-state index >= 15 is 0 Å². The van der Waals surface area contributed by atoms with Crippen LogP contribution in [0.2, 0.25) is 0 Å². The van der Waals surface area contributed by atoms with Crippen LogP contribution < -0.4 is 5.43 Å². The van der Waals surface area contributed by atoms with E-state index in [-0.39, 0.29) is 12.1 Å². The van der Waals surface area contributed by atoms with Gasteiger partial charge < -0.3 is 0 Å². The van der Waals surface area contributed by atoms with Crippen LogP contribution >= 0.6 is 0 Å². The van der Waals surface area contributed by atoms with Gasteiger partial charge in [0.25, 0.3) is 0 Å². The van der Waals surface area contributed by atoms with Gasteiger partial charge in [0, 0.05) is 30.8 Å². The Morgan fingerprint density at radius 3 is 2.80 bits per heavy atom. The first-order chi connectivity index (χ1) is 7.02. The van der Waals surface area contributed by atoms with Gasteiger partial charge in [0.2, 0.25) is 0 Å². The lowest BCUT2D eigenvalue weighted by Gasteiger charge is -2.25. The third-order valence-electron chi connectivity index (χ3n) is 2.52. The highest BCUT2D eigenvalue weighted by atomic mass is 19.4. The summed E-state index contributed by atoms with van der Waals surface area (Å²) in [6, 6.07) is 0. The van der Waals surface area contributed by atoms with Gasteiger partial charge in [0.1, 0.15) is 0 Å². The predicted molar refractivity (Wildman–Crippen MR) is 46.8 cm³/mol. The van der Waals surface area contributed by atoms with E-state index in [2.05, 4.69) is 15.6 Å². The van der Waals surface area contributed by atoms with E-state index in [9.17, 15) is 13.2 Å². The van der Waals surface area contributed by atoms with Crippen molar-refractivity contribution in [1.82, 2.24) is 20.6 Å². The number of H-pyrrole nitrogens is 1. The maximum absolute atomic E-state index is 12.5. The fraction of sp³-hybridized carbons (Fsp3) is 0.625. The summed E-state index contributed by atoms with van der Waals surface area (Å²) >= 11 is 0. The molecular formula is C8H11F3N4. The number of nitrogens with one attached hydrogen (secondary N) is 2. The number of hydrazine groups is 1. The van der Waals surface area contributed by atoms with Crippen molar-refractivity contribution in [2.45, 2.75) is 19.1 Å². The van der Waals surface area contributed by atoms with Crippen molar-refractivity contribution in [3.05, 3.63) is 17.0 Å². The quantitative estimate of drug-likeness (QED) is 0.739. The Morgan fingerprint density at radius 1 is 1.47 bits per heavy atom. The van der Waals surface area contributed by atoms with Crippen molar-refractivity contribution >= 4 is 0 Å². The maximum Gasteiger partial charge on any atom is 0.435 e. The summed E-state index contributed by atoms with van der Waals surface area (Å²) in [5.41, 5.74) is 2.89. The van der Waals surface area contributed by atoms with Gasteiger partial charge in [-0.3, -0.25) is 10.5 Å². The lowest BCUT2D eigenvalue weighted by Crippen LogP contribution is -2.39. The first kappa shape index (κ1) is 10.4. The molecule has 84 valence electrons. The van der Waals surface area contributed by atoms with Crippen LogP contribution in [0.5, 0.6) is 0 Å². The Labute approximate surface area is 84.4 Å². The normalized spacial score (nSPS) is 17.9. The number of nitrogens with zero attached hydrogens (tertiary/aromatic N) is 2. The van der Waals surface area contributed by atoms with Crippen LogP contribution in [0, 0.1) is 0 Å². The van der Waals surface area contributed by atoms with Crippen LogP contribution in [-0.2, 0) is 19.1 Å². The average molecular weight is 220 g/mol. The van der Waals surface area contributed by atoms with Crippen molar-refractivity contribution < 1.29 is 13.2 Å². The molecule has 0 aliphatic carbocycles. The van der Waals surface area contributed by atoms with Crippen molar-refractivity contribution in [3.8, 4) is 0 Å². The molecule has 7 heteroatoms.